The third-order valence-corrected chi connectivity index (χ3v) is 8.77. The van der Waals surface area contributed by atoms with Crippen molar-refractivity contribution in [1.29, 1.82) is 0 Å². The summed E-state index contributed by atoms with van der Waals surface area (Å²) < 4.78 is 18.8. The molecule has 1 aromatic carbocycles. The highest BCUT2D eigenvalue weighted by Crippen LogP contribution is 2.66. The van der Waals surface area contributed by atoms with Crippen LogP contribution in [0.25, 0.3) is 0 Å². The smallest absolute Gasteiger partial charge is 0.242 e. The first-order chi connectivity index (χ1) is 12.8. The second-order valence-electron chi connectivity index (χ2n) is 10.4. The molecule has 0 amide bonds. The lowest BCUT2D eigenvalue weighted by Crippen LogP contribution is -2.51. The Balaban J connectivity index is 1.43. The number of benzene rings is 1. The summed E-state index contributed by atoms with van der Waals surface area (Å²) >= 11 is 0. The summed E-state index contributed by atoms with van der Waals surface area (Å²) in [6, 6.07) is 6.96. The van der Waals surface area contributed by atoms with Gasteiger partial charge < -0.3 is 13.9 Å². The molecule has 27 heavy (non-hydrogen) atoms. The molecule has 0 N–H and O–H groups in total. The fourth-order valence-electron chi connectivity index (χ4n) is 6.86. The molecule has 1 spiro atoms. The molecular weight excluding hydrogens is 352 g/mol. The molecule has 3 fully saturated rings. The van der Waals surface area contributed by atoms with E-state index >= 15 is 0 Å². The molecule has 0 radical (unpaired) electrons. The number of ether oxygens (including phenoxy) is 2. The predicted molar refractivity (Wildman–Crippen MR) is 110 cm³/mol. The van der Waals surface area contributed by atoms with Gasteiger partial charge in [-0.2, -0.15) is 0 Å². The first-order valence-electron chi connectivity index (χ1n) is 10.9. The quantitative estimate of drug-likeness (QED) is 0.628. The fraction of sp³-hybridized carbons (Fsp3) is 0.739. The normalized spacial score (nSPS) is 37.0. The van der Waals surface area contributed by atoms with Gasteiger partial charge in [0.05, 0.1) is 13.2 Å². The van der Waals surface area contributed by atoms with Gasteiger partial charge in [-0.25, -0.2) is 0 Å². The molecule has 5 rings (SSSR count). The van der Waals surface area contributed by atoms with Crippen LogP contribution in [0, 0.1) is 17.3 Å². The van der Waals surface area contributed by atoms with E-state index in [1.54, 1.807) is 5.56 Å². The fourth-order valence-corrected chi connectivity index (χ4v) is 7.70. The van der Waals surface area contributed by atoms with Crippen LogP contribution in [0.2, 0.25) is 19.6 Å². The third kappa shape index (κ3) is 2.74. The Morgan fingerprint density at radius 3 is 2.56 bits per heavy atom. The predicted octanol–water partition coefficient (Wildman–Crippen LogP) is 5.50. The Kier molecular flexibility index (Phi) is 4.10. The zero-order chi connectivity index (χ0) is 18.9. The Labute approximate surface area is 164 Å². The molecule has 3 nitrogen and oxygen atoms in total. The standard InChI is InChI=1S/C23H34O3Si/c1-22-11-9-19-18-8-6-17(26-27(2,3)4)15-16(18)5-7-20(19)21(22)10-12-23(22)24-13-14-25-23/h6,8,15,19-21H,5,7,9-14H2,1-4H3/t19-,20-,21+,22+/m1/s1. The van der Waals surface area contributed by atoms with Gasteiger partial charge in [0.1, 0.15) is 5.75 Å². The molecule has 4 heteroatoms. The molecule has 2 saturated carbocycles. The van der Waals surface area contributed by atoms with E-state index in [4.69, 9.17) is 13.9 Å². The summed E-state index contributed by atoms with van der Waals surface area (Å²) in [5.74, 6) is 3.04. The van der Waals surface area contributed by atoms with Gasteiger partial charge in [-0.3, -0.25) is 0 Å². The van der Waals surface area contributed by atoms with E-state index in [9.17, 15) is 0 Å². The van der Waals surface area contributed by atoms with Crippen molar-refractivity contribution in [2.45, 2.75) is 76.8 Å². The maximum Gasteiger partial charge on any atom is 0.242 e. The first-order valence-corrected chi connectivity index (χ1v) is 14.3. The third-order valence-electron chi connectivity index (χ3n) is 7.92. The van der Waals surface area contributed by atoms with Gasteiger partial charge in [0.25, 0.3) is 0 Å². The number of hydrogen-bond donors (Lipinski definition) is 0. The SMILES string of the molecule is C[C@]12CC[C@@H]3c4ccc(O[Si](C)(C)C)cc4CC[C@H]3[C@@H]1CCC21OCCO1. The van der Waals surface area contributed by atoms with E-state index in [1.807, 2.05) is 0 Å². The Hall–Kier alpha value is -0.843. The second kappa shape index (κ2) is 6.08. The number of hydrogen-bond acceptors (Lipinski definition) is 3. The zero-order valence-electron chi connectivity index (χ0n) is 17.3. The lowest BCUT2D eigenvalue weighted by atomic mass is 9.55. The molecule has 3 aliphatic carbocycles. The molecular formula is C23H34O3Si. The molecule has 4 aliphatic rings. The van der Waals surface area contributed by atoms with Gasteiger partial charge in [-0.05, 0) is 92.8 Å². The average molecular weight is 387 g/mol. The van der Waals surface area contributed by atoms with Crippen molar-refractivity contribution in [2.24, 2.45) is 17.3 Å². The van der Waals surface area contributed by atoms with Crippen molar-refractivity contribution in [3.8, 4) is 5.75 Å². The monoisotopic (exact) mass is 386 g/mol. The summed E-state index contributed by atoms with van der Waals surface area (Å²) in [6.07, 6.45) is 7.36. The molecule has 0 unspecified atom stereocenters. The molecule has 4 atom stereocenters. The van der Waals surface area contributed by atoms with Crippen molar-refractivity contribution in [3.05, 3.63) is 29.3 Å². The van der Waals surface area contributed by atoms with Crippen LogP contribution in [0.5, 0.6) is 5.75 Å². The molecule has 1 heterocycles. The Bertz CT molecular complexity index is 734. The van der Waals surface area contributed by atoms with Crippen LogP contribution in [0.15, 0.2) is 18.2 Å². The van der Waals surface area contributed by atoms with Gasteiger partial charge in [0.15, 0.2) is 5.79 Å². The minimum Gasteiger partial charge on any atom is -0.544 e. The molecule has 148 valence electrons. The second-order valence-corrected chi connectivity index (χ2v) is 14.9. The summed E-state index contributed by atoms with van der Waals surface area (Å²) in [6.45, 7) is 10.8. The van der Waals surface area contributed by atoms with Crippen molar-refractivity contribution in [2.75, 3.05) is 13.2 Å². The summed E-state index contributed by atoms with van der Waals surface area (Å²) in [4.78, 5) is 0. The molecule has 0 bridgehead atoms. The van der Waals surface area contributed by atoms with E-state index in [-0.39, 0.29) is 11.2 Å². The van der Waals surface area contributed by atoms with E-state index in [1.165, 1.54) is 37.7 Å². The molecule has 1 aromatic rings. The van der Waals surface area contributed by atoms with Crippen LogP contribution in [0.3, 0.4) is 0 Å². The number of rotatable bonds is 2. The minimum absolute atomic E-state index is 0.197. The van der Waals surface area contributed by atoms with Crippen LogP contribution in [0.1, 0.15) is 56.1 Å². The largest absolute Gasteiger partial charge is 0.544 e. The molecule has 1 aliphatic heterocycles. The van der Waals surface area contributed by atoms with Crippen molar-refractivity contribution >= 4 is 8.32 Å². The van der Waals surface area contributed by atoms with Crippen molar-refractivity contribution in [1.82, 2.24) is 0 Å². The number of fused-ring (bicyclic) bond motifs is 6. The first kappa shape index (κ1) is 18.2. The van der Waals surface area contributed by atoms with Crippen LogP contribution in [0.4, 0.5) is 0 Å². The van der Waals surface area contributed by atoms with Gasteiger partial charge in [-0.15, -0.1) is 0 Å². The van der Waals surface area contributed by atoms with Crippen LogP contribution >= 0.6 is 0 Å². The van der Waals surface area contributed by atoms with Gasteiger partial charge in [0.2, 0.25) is 8.32 Å². The summed E-state index contributed by atoms with van der Waals surface area (Å²) in [5, 5.41) is 0. The van der Waals surface area contributed by atoms with E-state index in [2.05, 4.69) is 44.8 Å². The lowest BCUT2D eigenvalue weighted by Gasteiger charge is -2.52. The molecule has 1 saturated heterocycles. The minimum atomic E-state index is -1.55. The summed E-state index contributed by atoms with van der Waals surface area (Å²) in [5.41, 5.74) is 3.34. The maximum atomic E-state index is 6.26. The highest BCUT2D eigenvalue weighted by Gasteiger charge is 2.64. The van der Waals surface area contributed by atoms with Gasteiger partial charge >= 0.3 is 0 Å². The molecule has 0 aromatic heterocycles. The van der Waals surface area contributed by atoms with Crippen LogP contribution < -0.4 is 4.43 Å². The average Bonchev–Trinajstić information content (AvgIpc) is 3.20. The van der Waals surface area contributed by atoms with Crippen LogP contribution in [-0.4, -0.2) is 27.3 Å². The van der Waals surface area contributed by atoms with Crippen molar-refractivity contribution in [3.63, 3.8) is 0 Å². The van der Waals surface area contributed by atoms with E-state index in [0.717, 1.165) is 37.2 Å². The van der Waals surface area contributed by atoms with E-state index in [0.29, 0.717) is 5.92 Å². The van der Waals surface area contributed by atoms with Crippen LogP contribution in [-0.2, 0) is 15.9 Å². The zero-order valence-corrected chi connectivity index (χ0v) is 18.3. The highest BCUT2D eigenvalue weighted by atomic mass is 28.4. The Morgan fingerprint density at radius 1 is 1.04 bits per heavy atom. The van der Waals surface area contributed by atoms with Gasteiger partial charge in [0, 0.05) is 11.8 Å². The van der Waals surface area contributed by atoms with E-state index < -0.39 is 8.32 Å². The van der Waals surface area contributed by atoms with Crippen molar-refractivity contribution < 1.29 is 13.9 Å². The van der Waals surface area contributed by atoms with Gasteiger partial charge in [-0.1, -0.05) is 13.0 Å². The summed E-state index contributed by atoms with van der Waals surface area (Å²) in [7, 11) is -1.55. The topological polar surface area (TPSA) is 27.7 Å². The highest BCUT2D eigenvalue weighted by molar-refractivity contribution is 6.70. The Morgan fingerprint density at radius 2 is 1.81 bits per heavy atom. The lowest BCUT2D eigenvalue weighted by molar-refractivity contribution is -0.237. The maximum absolute atomic E-state index is 6.26. The number of aryl methyl sites for hydroxylation is 1.